The van der Waals surface area contributed by atoms with Crippen molar-refractivity contribution in [3.63, 3.8) is 0 Å². The number of carbonyl (C=O) groups excluding carboxylic acids is 1. The van der Waals surface area contributed by atoms with E-state index in [4.69, 9.17) is 4.74 Å². The van der Waals surface area contributed by atoms with Gasteiger partial charge in [0.25, 0.3) is 0 Å². The van der Waals surface area contributed by atoms with Gasteiger partial charge in [0.1, 0.15) is 12.4 Å². The lowest BCUT2D eigenvalue weighted by molar-refractivity contribution is -0.145. The third-order valence-electron chi connectivity index (χ3n) is 4.08. The molecule has 5 heteroatoms. The molecular weight excluding hydrogens is 319 g/mol. The normalized spacial score (nSPS) is 11.9. The van der Waals surface area contributed by atoms with Crippen LogP contribution in [-0.4, -0.2) is 22.1 Å². The van der Waals surface area contributed by atoms with E-state index in [0.29, 0.717) is 17.7 Å². The average Bonchev–Trinajstić information content (AvgIpc) is 3.15. The van der Waals surface area contributed by atoms with Gasteiger partial charge in [0, 0.05) is 18.0 Å². The molecule has 0 spiro atoms. The molecule has 0 N–H and O–H groups in total. The molecule has 2 aromatic carbocycles. The van der Waals surface area contributed by atoms with Gasteiger partial charge >= 0.3 is 5.97 Å². The van der Waals surface area contributed by atoms with Crippen LogP contribution >= 0.6 is 0 Å². The van der Waals surface area contributed by atoms with Gasteiger partial charge in [-0.05, 0) is 24.1 Å². The van der Waals surface area contributed by atoms with Crippen LogP contribution in [0.5, 0.6) is 0 Å². The zero-order valence-electron chi connectivity index (χ0n) is 13.9. The number of rotatable bonds is 6. The molecule has 1 heterocycles. The first-order valence-corrected chi connectivity index (χ1v) is 8.12. The van der Waals surface area contributed by atoms with Crippen molar-refractivity contribution in [3.05, 3.63) is 78.6 Å². The van der Waals surface area contributed by atoms with E-state index >= 15 is 0 Å². The molecule has 0 unspecified atom stereocenters. The standard InChI is InChI=1S/C20H19FN2O2/c1-15(20(24)25-12-11-23-10-9-22-14-23)17-7-8-18(19(21)13-17)16-5-3-2-4-6-16/h2-10,13-15H,11-12H2,1H3/t15-/m0/s1. The van der Waals surface area contributed by atoms with Gasteiger partial charge in [0.05, 0.1) is 18.8 Å². The molecule has 0 saturated carbocycles. The quantitative estimate of drug-likeness (QED) is 0.637. The second-order valence-electron chi connectivity index (χ2n) is 5.80. The molecule has 128 valence electrons. The molecule has 0 aliphatic heterocycles. The van der Waals surface area contributed by atoms with Crippen molar-refractivity contribution in [2.75, 3.05) is 6.61 Å². The summed E-state index contributed by atoms with van der Waals surface area (Å²) in [5.74, 6) is -1.24. The molecule has 0 aliphatic carbocycles. The Balaban J connectivity index is 1.64. The molecule has 0 bridgehead atoms. The lowest BCUT2D eigenvalue weighted by Crippen LogP contribution is -2.16. The summed E-state index contributed by atoms with van der Waals surface area (Å²) in [4.78, 5) is 16.1. The maximum absolute atomic E-state index is 14.4. The highest BCUT2D eigenvalue weighted by molar-refractivity contribution is 5.78. The van der Waals surface area contributed by atoms with Crippen LogP contribution < -0.4 is 0 Å². The minimum Gasteiger partial charge on any atom is -0.463 e. The van der Waals surface area contributed by atoms with E-state index < -0.39 is 5.92 Å². The van der Waals surface area contributed by atoms with Gasteiger partial charge in [-0.2, -0.15) is 0 Å². The minimum atomic E-state index is -0.526. The third-order valence-corrected chi connectivity index (χ3v) is 4.08. The summed E-state index contributed by atoms with van der Waals surface area (Å²) in [7, 11) is 0. The van der Waals surface area contributed by atoms with Crippen LogP contribution in [0.1, 0.15) is 18.4 Å². The molecule has 1 aromatic heterocycles. The monoisotopic (exact) mass is 338 g/mol. The number of benzene rings is 2. The van der Waals surface area contributed by atoms with Crippen LogP contribution in [0, 0.1) is 5.82 Å². The van der Waals surface area contributed by atoms with Crippen LogP contribution in [0.4, 0.5) is 4.39 Å². The Morgan fingerprint density at radius 2 is 2.04 bits per heavy atom. The van der Waals surface area contributed by atoms with Crippen molar-refractivity contribution >= 4 is 5.97 Å². The van der Waals surface area contributed by atoms with Gasteiger partial charge in [-0.3, -0.25) is 4.79 Å². The number of ether oxygens (including phenoxy) is 1. The van der Waals surface area contributed by atoms with Crippen LogP contribution in [0.2, 0.25) is 0 Å². The SMILES string of the molecule is C[C@H](C(=O)OCCn1ccnc1)c1ccc(-c2ccccc2)c(F)c1. The Kier molecular flexibility index (Phi) is 5.23. The van der Waals surface area contributed by atoms with Crippen molar-refractivity contribution in [3.8, 4) is 11.1 Å². The summed E-state index contributed by atoms with van der Waals surface area (Å²) in [6.45, 7) is 2.51. The molecule has 0 radical (unpaired) electrons. The number of imidazole rings is 1. The summed E-state index contributed by atoms with van der Waals surface area (Å²) in [5.41, 5.74) is 1.93. The highest BCUT2D eigenvalue weighted by Gasteiger charge is 2.18. The molecule has 0 saturated heterocycles. The average molecular weight is 338 g/mol. The second kappa shape index (κ2) is 7.75. The van der Waals surface area contributed by atoms with Crippen LogP contribution in [0.15, 0.2) is 67.3 Å². The minimum absolute atomic E-state index is 0.254. The molecule has 1 atom stereocenters. The smallest absolute Gasteiger partial charge is 0.313 e. The van der Waals surface area contributed by atoms with Crippen molar-refractivity contribution in [2.24, 2.45) is 0 Å². The summed E-state index contributed by atoms with van der Waals surface area (Å²) < 4.78 is 21.5. The summed E-state index contributed by atoms with van der Waals surface area (Å²) in [6.07, 6.45) is 5.13. The largest absolute Gasteiger partial charge is 0.463 e. The first-order chi connectivity index (χ1) is 12.1. The summed E-state index contributed by atoms with van der Waals surface area (Å²) >= 11 is 0. The van der Waals surface area contributed by atoms with Gasteiger partial charge < -0.3 is 9.30 Å². The number of hydrogen-bond donors (Lipinski definition) is 0. The lowest BCUT2D eigenvalue weighted by atomic mass is 9.97. The zero-order valence-corrected chi connectivity index (χ0v) is 13.9. The summed E-state index contributed by atoms with van der Waals surface area (Å²) in [5, 5.41) is 0. The van der Waals surface area contributed by atoms with Crippen molar-refractivity contribution in [1.29, 1.82) is 0 Å². The Morgan fingerprint density at radius 3 is 2.72 bits per heavy atom. The Bertz CT molecular complexity index is 832. The fourth-order valence-corrected chi connectivity index (χ4v) is 2.58. The van der Waals surface area contributed by atoms with Gasteiger partial charge in [0.2, 0.25) is 0 Å². The lowest BCUT2D eigenvalue weighted by Gasteiger charge is -2.13. The number of hydrogen-bond acceptors (Lipinski definition) is 3. The predicted octanol–water partition coefficient (Wildman–Crippen LogP) is 4.04. The Hall–Kier alpha value is -2.95. The van der Waals surface area contributed by atoms with E-state index in [1.54, 1.807) is 37.8 Å². The maximum atomic E-state index is 14.4. The maximum Gasteiger partial charge on any atom is 0.313 e. The van der Waals surface area contributed by atoms with Crippen molar-refractivity contribution < 1.29 is 13.9 Å². The molecule has 0 amide bonds. The van der Waals surface area contributed by atoms with Gasteiger partial charge in [-0.15, -0.1) is 0 Å². The van der Waals surface area contributed by atoms with E-state index in [9.17, 15) is 9.18 Å². The molecule has 3 aromatic rings. The number of carbonyl (C=O) groups is 1. The second-order valence-corrected chi connectivity index (χ2v) is 5.80. The highest BCUT2D eigenvalue weighted by atomic mass is 19.1. The van der Waals surface area contributed by atoms with E-state index in [2.05, 4.69) is 4.98 Å². The molecular formula is C20H19FN2O2. The van der Waals surface area contributed by atoms with E-state index in [-0.39, 0.29) is 18.4 Å². The fraction of sp³-hybridized carbons (Fsp3) is 0.200. The predicted molar refractivity (Wildman–Crippen MR) is 93.4 cm³/mol. The van der Waals surface area contributed by atoms with E-state index in [1.165, 1.54) is 6.07 Å². The molecule has 3 rings (SSSR count). The van der Waals surface area contributed by atoms with Crippen LogP contribution in [-0.2, 0) is 16.1 Å². The van der Waals surface area contributed by atoms with Gasteiger partial charge in [-0.25, -0.2) is 9.37 Å². The topological polar surface area (TPSA) is 44.1 Å². The van der Waals surface area contributed by atoms with Crippen LogP contribution in [0.3, 0.4) is 0 Å². The molecule has 25 heavy (non-hydrogen) atoms. The highest BCUT2D eigenvalue weighted by Crippen LogP contribution is 2.26. The molecule has 4 nitrogen and oxygen atoms in total. The fourth-order valence-electron chi connectivity index (χ4n) is 2.58. The first kappa shape index (κ1) is 16.9. The van der Waals surface area contributed by atoms with Gasteiger partial charge in [-0.1, -0.05) is 42.5 Å². The van der Waals surface area contributed by atoms with Crippen molar-refractivity contribution in [1.82, 2.24) is 9.55 Å². The van der Waals surface area contributed by atoms with Gasteiger partial charge in [0.15, 0.2) is 0 Å². The summed E-state index contributed by atoms with van der Waals surface area (Å²) in [6, 6.07) is 14.2. The zero-order chi connectivity index (χ0) is 17.6. The third kappa shape index (κ3) is 4.12. The van der Waals surface area contributed by atoms with Crippen LogP contribution in [0.25, 0.3) is 11.1 Å². The number of esters is 1. The molecule has 0 fully saturated rings. The van der Waals surface area contributed by atoms with E-state index in [0.717, 1.165) is 5.56 Å². The first-order valence-electron chi connectivity index (χ1n) is 8.12. The Labute approximate surface area is 145 Å². The Morgan fingerprint density at radius 1 is 1.24 bits per heavy atom. The van der Waals surface area contributed by atoms with Crippen molar-refractivity contribution in [2.45, 2.75) is 19.4 Å². The molecule has 0 aliphatic rings. The number of halogens is 1. The number of aromatic nitrogens is 2. The van der Waals surface area contributed by atoms with E-state index in [1.807, 2.05) is 34.9 Å². The number of nitrogens with zero attached hydrogens (tertiary/aromatic N) is 2.